The highest BCUT2D eigenvalue weighted by atomic mass is 16.5. The Morgan fingerprint density at radius 3 is 2.32 bits per heavy atom. The molecule has 0 saturated carbocycles. The summed E-state index contributed by atoms with van der Waals surface area (Å²) in [7, 11) is 0. The van der Waals surface area contributed by atoms with Gasteiger partial charge in [0.1, 0.15) is 0 Å². The van der Waals surface area contributed by atoms with Gasteiger partial charge in [0.25, 0.3) is 5.91 Å². The fourth-order valence-corrected chi connectivity index (χ4v) is 4.51. The van der Waals surface area contributed by atoms with Gasteiger partial charge in [0.15, 0.2) is 0 Å². The van der Waals surface area contributed by atoms with E-state index in [1.807, 2.05) is 24.3 Å². The van der Waals surface area contributed by atoms with E-state index in [-0.39, 0.29) is 5.91 Å². The van der Waals surface area contributed by atoms with Crippen molar-refractivity contribution in [3.05, 3.63) is 107 Å². The number of nitrogens with one attached hydrogen (secondary N) is 1. The molecule has 0 atom stereocenters. The highest BCUT2D eigenvalue weighted by Crippen LogP contribution is 2.23. The Balaban J connectivity index is 1.25. The number of fused-ring (bicyclic) bond motifs is 1. The van der Waals surface area contributed by atoms with Gasteiger partial charge in [-0.1, -0.05) is 72.3 Å². The van der Waals surface area contributed by atoms with Crippen molar-refractivity contribution in [2.24, 2.45) is 0 Å². The van der Waals surface area contributed by atoms with Crippen LogP contribution in [0.4, 0.5) is 0 Å². The quantitative estimate of drug-likeness (QED) is 0.417. The van der Waals surface area contributed by atoms with Gasteiger partial charge in [0, 0.05) is 31.7 Å². The minimum atomic E-state index is -0.0589. The molecular formula is C30H30N2O2. The molecule has 34 heavy (non-hydrogen) atoms. The number of carbonyl (C=O) groups is 1. The first-order chi connectivity index (χ1) is 16.7. The molecule has 0 unspecified atom stereocenters. The molecule has 1 amide bonds. The molecule has 4 aromatic rings. The summed E-state index contributed by atoms with van der Waals surface area (Å²) in [5.74, 6) is -0.0589. The zero-order valence-electron chi connectivity index (χ0n) is 19.6. The average molecular weight is 451 g/mol. The molecule has 0 aliphatic carbocycles. The van der Waals surface area contributed by atoms with Crippen LogP contribution in [-0.2, 0) is 17.8 Å². The van der Waals surface area contributed by atoms with Crippen molar-refractivity contribution in [3.8, 4) is 11.1 Å². The summed E-state index contributed by atoms with van der Waals surface area (Å²) in [4.78, 5) is 15.2. The van der Waals surface area contributed by atoms with Crippen molar-refractivity contribution in [3.63, 3.8) is 0 Å². The van der Waals surface area contributed by atoms with Crippen LogP contribution in [0.15, 0.2) is 84.9 Å². The van der Waals surface area contributed by atoms with Crippen LogP contribution in [0.25, 0.3) is 21.9 Å². The lowest BCUT2D eigenvalue weighted by Gasteiger charge is -2.26. The summed E-state index contributed by atoms with van der Waals surface area (Å²) < 4.78 is 5.46. The fraction of sp³-hybridized carbons (Fsp3) is 0.233. The predicted molar refractivity (Wildman–Crippen MR) is 138 cm³/mol. The first kappa shape index (κ1) is 22.3. The van der Waals surface area contributed by atoms with E-state index in [1.165, 1.54) is 21.9 Å². The first-order valence-electron chi connectivity index (χ1n) is 11.9. The molecule has 4 nitrogen and oxygen atoms in total. The lowest BCUT2D eigenvalue weighted by atomic mass is 10.0. The second-order valence-electron chi connectivity index (χ2n) is 8.99. The van der Waals surface area contributed by atoms with Crippen LogP contribution in [0.5, 0.6) is 0 Å². The molecule has 1 aliphatic heterocycles. The molecule has 1 fully saturated rings. The Morgan fingerprint density at radius 1 is 0.882 bits per heavy atom. The van der Waals surface area contributed by atoms with Crippen molar-refractivity contribution in [1.82, 2.24) is 10.2 Å². The van der Waals surface area contributed by atoms with E-state index < -0.39 is 0 Å². The molecule has 1 aliphatic rings. The number of benzene rings is 4. The molecule has 1 N–H and O–H groups in total. The number of aryl methyl sites for hydroxylation is 1. The molecule has 1 heterocycles. The van der Waals surface area contributed by atoms with Crippen molar-refractivity contribution in [1.29, 1.82) is 0 Å². The van der Waals surface area contributed by atoms with Gasteiger partial charge in [-0.2, -0.15) is 0 Å². The number of ether oxygens (including phenoxy) is 1. The van der Waals surface area contributed by atoms with Crippen LogP contribution in [0, 0.1) is 6.92 Å². The summed E-state index contributed by atoms with van der Waals surface area (Å²) in [5.41, 5.74) is 6.61. The summed E-state index contributed by atoms with van der Waals surface area (Å²) >= 11 is 0. The lowest BCUT2D eigenvalue weighted by molar-refractivity contribution is 0.0342. The molecule has 4 heteroatoms. The van der Waals surface area contributed by atoms with Crippen molar-refractivity contribution in [2.75, 3.05) is 26.3 Å². The Bertz CT molecular complexity index is 1270. The maximum atomic E-state index is 12.8. The number of morpholine rings is 1. The third-order valence-electron chi connectivity index (χ3n) is 6.52. The van der Waals surface area contributed by atoms with E-state index in [2.05, 4.69) is 77.8 Å². The first-order valence-corrected chi connectivity index (χ1v) is 11.9. The van der Waals surface area contributed by atoms with Gasteiger partial charge in [-0.05, 0) is 58.1 Å². The van der Waals surface area contributed by atoms with Gasteiger partial charge in [-0.15, -0.1) is 0 Å². The molecule has 172 valence electrons. The molecule has 0 spiro atoms. The maximum absolute atomic E-state index is 12.8. The Labute approximate surface area is 201 Å². The Hall–Kier alpha value is -3.47. The van der Waals surface area contributed by atoms with E-state index in [1.54, 1.807) is 0 Å². The third-order valence-corrected chi connectivity index (χ3v) is 6.52. The summed E-state index contributed by atoms with van der Waals surface area (Å²) in [6.07, 6.45) is 0. The summed E-state index contributed by atoms with van der Waals surface area (Å²) in [6.45, 7) is 7.11. The number of carbonyl (C=O) groups excluding carboxylic acids is 1. The smallest absolute Gasteiger partial charge is 0.251 e. The fourth-order valence-electron chi connectivity index (χ4n) is 4.51. The lowest BCUT2D eigenvalue weighted by Crippen LogP contribution is -2.35. The minimum Gasteiger partial charge on any atom is -0.379 e. The average Bonchev–Trinajstić information content (AvgIpc) is 2.88. The van der Waals surface area contributed by atoms with E-state index >= 15 is 0 Å². The predicted octanol–water partition coefficient (Wildman–Crippen LogP) is 5.58. The van der Waals surface area contributed by atoms with Gasteiger partial charge in [-0.25, -0.2) is 0 Å². The number of hydrogen-bond donors (Lipinski definition) is 1. The van der Waals surface area contributed by atoms with Gasteiger partial charge in [0.2, 0.25) is 0 Å². The molecule has 5 rings (SSSR count). The highest BCUT2D eigenvalue weighted by Gasteiger charge is 2.12. The number of amides is 1. The van der Waals surface area contributed by atoms with E-state index in [9.17, 15) is 4.79 Å². The zero-order chi connectivity index (χ0) is 23.3. The van der Waals surface area contributed by atoms with Gasteiger partial charge < -0.3 is 10.1 Å². The molecule has 4 aromatic carbocycles. The Morgan fingerprint density at radius 2 is 1.59 bits per heavy atom. The van der Waals surface area contributed by atoms with Crippen molar-refractivity contribution >= 4 is 16.7 Å². The van der Waals surface area contributed by atoms with E-state index in [0.29, 0.717) is 12.1 Å². The second kappa shape index (κ2) is 10.2. The topological polar surface area (TPSA) is 41.6 Å². The molecular weight excluding hydrogens is 420 g/mol. The molecule has 0 aromatic heterocycles. The SMILES string of the molecule is Cc1ccc(-c2ccc(C(=O)NCc3cccc4cc(CN5CCOCC5)ccc34)cc2)cc1. The van der Waals surface area contributed by atoms with Crippen molar-refractivity contribution in [2.45, 2.75) is 20.0 Å². The van der Waals surface area contributed by atoms with Gasteiger partial charge in [0.05, 0.1) is 13.2 Å². The van der Waals surface area contributed by atoms with Crippen LogP contribution in [0.2, 0.25) is 0 Å². The monoisotopic (exact) mass is 450 g/mol. The zero-order valence-corrected chi connectivity index (χ0v) is 19.6. The van der Waals surface area contributed by atoms with Crippen molar-refractivity contribution < 1.29 is 9.53 Å². The number of nitrogens with zero attached hydrogens (tertiary/aromatic N) is 1. The standard InChI is InChI=1S/C30H30N2O2/c1-22-5-8-24(9-6-22)25-10-12-26(13-11-25)30(33)31-20-28-4-2-3-27-19-23(7-14-29(27)28)21-32-15-17-34-18-16-32/h2-14,19H,15-18,20-21H2,1H3,(H,31,33). The van der Waals surface area contributed by atoms with Crippen LogP contribution >= 0.6 is 0 Å². The van der Waals surface area contributed by atoms with Crippen LogP contribution in [0.3, 0.4) is 0 Å². The Kier molecular flexibility index (Phi) is 6.70. The van der Waals surface area contributed by atoms with Crippen LogP contribution < -0.4 is 5.32 Å². The normalized spacial score (nSPS) is 14.3. The highest BCUT2D eigenvalue weighted by molar-refractivity contribution is 5.95. The molecule has 0 bridgehead atoms. The third kappa shape index (κ3) is 5.19. The minimum absolute atomic E-state index is 0.0589. The molecule has 1 saturated heterocycles. The number of hydrogen-bond acceptors (Lipinski definition) is 3. The van der Waals surface area contributed by atoms with Gasteiger partial charge in [-0.3, -0.25) is 9.69 Å². The largest absolute Gasteiger partial charge is 0.379 e. The maximum Gasteiger partial charge on any atom is 0.251 e. The van der Waals surface area contributed by atoms with Crippen LogP contribution in [-0.4, -0.2) is 37.1 Å². The summed E-state index contributed by atoms with van der Waals surface area (Å²) in [5, 5.41) is 5.49. The molecule has 0 radical (unpaired) electrons. The number of rotatable bonds is 6. The van der Waals surface area contributed by atoms with Crippen LogP contribution in [0.1, 0.15) is 27.0 Å². The van der Waals surface area contributed by atoms with E-state index in [4.69, 9.17) is 4.74 Å². The van der Waals surface area contributed by atoms with Gasteiger partial charge >= 0.3 is 0 Å². The summed E-state index contributed by atoms with van der Waals surface area (Å²) in [6, 6.07) is 29.2. The van der Waals surface area contributed by atoms with E-state index in [0.717, 1.165) is 49.5 Å². The second-order valence-corrected chi connectivity index (χ2v) is 8.99.